The van der Waals surface area contributed by atoms with Gasteiger partial charge in [-0.2, -0.15) is 0 Å². The summed E-state index contributed by atoms with van der Waals surface area (Å²) >= 11 is 2.10. The number of rotatable bonds is 11. The topological polar surface area (TPSA) is 152 Å². The van der Waals surface area contributed by atoms with E-state index in [0.717, 1.165) is 17.6 Å². The standard InChI is InChI=1S/C24H25N2O8PS3/c1-15(2)33-18(13-16(3)34-17-5-8-19(9-6-17)38(4,31)32)7-11-22(27)26-24-25-20(14-36-24)21-10-12-23(37-21)35(28,29)30/h5-15H,3H2,1-2,4H3,(H,25,26,27)(H2,28,29,30)/b11-7+,18-13+. The van der Waals surface area contributed by atoms with Crippen LogP contribution in [-0.4, -0.2) is 41.5 Å². The fourth-order valence-corrected chi connectivity index (χ4v) is 6.02. The zero-order valence-corrected chi connectivity index (χ0v) is 23.9. The molecule has 2 aromatic heterocycles. The first-order chi connectivity index (χ1) is 17.7. The predicted octanol–water partition coefficient (Wildman–Crippen LogP) is 4.47. The first kappa shape index (κ1) is 29.5. The van der Waals surface area contributed by atoms with Crippen LogP contribution in [0.25, 0.3) is 10.6 Å². The maximum absolute atomic E-state index is 12.5. The molecule has 1 aromatic carbocycles. The lowest BCUT2D eigenvalue weighted by Gasteiger charge is -2.12. The Morgan fingerprint density at radius 2 is 1.84 bits per heavy atom. The van der Waals surface area contributed by atoms with Crippen molar-refractivity contribution in [2.24, 2.45) is 0 Å². The number of thiazole rings is 1. The largest absolute Gasteiger partial charge is 0.491 e. The summed E-state index contributed by atoms with van der Waals surface area (Å²) in [6.07, 6.45) is 5.09. The Hall–Kier alpha value is -3.06. The van der Waals surface area contributed by atoms with E-state index in [1.54, 1.807) is 11.4 Å². The molecule has 0 fully saturated rings. The van der Waals surface area contributed by atoms with Gasteiger partial charge in [0, 0.05) is 23.8 Å². The third kappa shape index (κ3) is 8.76. The summed E-state index contributed by atoms with van der Waals surface area (Å²) in [6, 6.07) is 8.79. The summed E-state index contributed by atoms with van der Waals surface area (Å²) in [5.74, 6) is 0.404. The molecular formula is C24H25N2O8PS3. The zero-order valence-electron chi connectivity index (χ0n) is 20.5. The van der Waals surface area contributed by atoms with Crippen molar-refractivity contribution >= 4 is 55.8 Å². The van der Waals surface area contributed by atoms with E-state index in [1.165, 1.54) is 59.9 Å². The number of amides is 1. The predicted molar refractivity (Wildman–Crippen MR) is 148 cm³/mol. The number of allylic oxidation sites excluding steroid dienone is 2. The minimum atomic E-state index is -4.34. The lowest BCUT2D eigenvalue weighted by molar-refractivity contribution is -0.111. The van der Waals surface area contributed by atoms with E-state index in [2.05, 4.69) is 16.9 Å². The Kier molecular flexibility index (Phi) is 9.47. The third-order valence-corrected chi connectivity index (χ3v) is 8.95. The van der Waals surface area contributed by atoms with Gasteiger partial charge in [-0.1, -0.05) is 6.58 Å². The quantitative estimate of drug-likeness (QED) is 0.126. The van der Waals surface area contributed by atoms with Gasteiger partial charge in [-0.05, 0) is 56.3 Å². The molecule has 38 heavy (non-hydrogen) atoms. The highest BCUT2D eigenvalue weighted by atomic mass is 32.2. The Morgan fingerprint density at radius 1 is 1.16 bits per heavy atom. The summed E-state index contributed by atoms with van der Waals surface area (Å²) in [6.45, 7) is 7.45. The number of nitrogens with zero attached hydrogens (tertiary/aromatic N) is 1. The maximum atomic E-state index is 12.5. The normalized spacial score (nSPS) is 12.6. The van der Waals surface area contributed by atoms with Gasteiger partial charge in [0.2, 0.25) is 5.91 Å². The van der Waals surface area contributed by atoms with E-state index >= 15 is 0 Å². The van der Waals surface area contributed by atoms with Crippen LogP contribution in [0, 0.1) is 0 Å². The SMILES string of the molecule is C=C(/C=C(\C=C\C(=O)Nc1nc(-c2ccc(P(=O)(O)O)s2)cs1)OC(C)C)Oc1ccc(S(C)(=O)=O)cc1. The molecule has 0 spiro atoms. The van der Waals surface area contributed by atoms with Gasteiger partial charge < -0.3 is 19.3 Å². The molecule has 0 aliphatic rings. The number of nitrogens with one attached hydrogen (secondary N) is 1. The monoisotopic (exact) mass is 596 g/mol. The number of sulfone groups is 1. The second-order valence-electron chi connectivity index (χ2n) is 8.07. The lowest BCUT2D eigenvalue weighted by atomic mass is 10.3. The molecule has 0 saturated carbocycles. The van der Waals surface area contributed by atoms with Crippen LogP contribution in [0.15, 0.2) is 83.0 Å². The molecule has 10 nitrogen and oxygen atoms in total. The second kappa shape index (κ2) is 12.2. The first-order valence-electron chi connectivity index (χ1n) is 10.9. The number of thiophene rings is 1. The van der Waals surface area contributed by atoms with Crippen LogP contribution in [0.2, 0.25) is 0 Å². The second-order valence-corrected chi connectivity index (χ2v) is 13.9. The fourth-order valence-electron chi connectivity index (χ4n) is 2.86. The summed E-state index contributed by atoms with van der Waals surface area (Å²) in [5, 5.41) is 4.61. The molecule has 3 N–H and O–H groups in total. The molecule has 0 radical (unpaired) electrons. The molecule has 14 heteroatoms. The molecule has 0 unspecified atom stereocenters. The van der Waals surface area contributed by atoms with Crippen molar-refractivity contribution < 1.29 is 37.0 Å². The van der Waals surface area contributed by atoms with Gasteiger partial charge in [0.05, 0.1) is 21.6 Å². The number of carbonyl (C=O) groups is 1. The summed E-state index contributed by atoms with van der Waals surface area (Å²) < 4.78 is 45.9. The molecular weight excluding hydrogens is 571 g/mol. The number of anilines is 1. The average molecular weight is 597 g/mol. The van der Waals surface area contributed by atoms with Gasteiger partial charge in [0.25, 0.3) is 0 Å². The van der Waals surface area contributed by atoms with Gasteiger partial charge >= 0.3 is 7.60 Å². The van der Waals surface area contributed by atoms with E-state index in [-0.39, 0.29) is 21.4 Å². The molecule has 0 atom stereocenters. The van der Waals surface area contributed by atoms with Crippen molar-refractivity contribution in [2.75, 3.05) is 11.6 Å². The van der Waals surface area contributed by atoms with Crippen molar-refractivity contribution in [3.8, 4) is 16.3 Å². The van der Waals surface area contributed by atoms with Crippen molar-refractivity contribution in [3.05, 3.63) is 78.1 Å². The van der Waals surface area contributed by atoms with E-state index in [1.807, 2.05) is 13.8 Å². The zero-order chi connectivity index (χ0) is 28.1. The van der Waals surface area contributed by atoms with Gasteiger partial charge in [0.15, 0.2) is 15.0 Å². The van der Waals surface area contributed by atoms with E-state index < -0.39 is 23.3 Å². The van der Waals surface area contributed by atoms with Crippen LogP contribution in [0.4, 0.5) is 5.13 Å². The van der Waals surface area contributed by atoms with Crippen LogP contribution < -0.4 is 14.7 Å². The van der Waals surface area contributed by atoms with Crippen LogP contribution in [0.1, 0.15) is 13.8 Å². The van der Waals surface area contributed by atoms with E-state index in [9.17, 15) is 27.6 Å². The molecule has 3 rings (SSSR count). The molecule has 0 aliphatic heterocycles. The highest BCUT2D eigenvalue weighted by Crippen LogP contribution is 2.39. The van der Waals surface area contributed by atoms with Crippen LogP contribution in [-0.2, 0) is 23.9 Å². The minimum absolute atomic E-state index is 0.0602. The minimum Gasteiger partial charge on any atom is -0.491 e. The van der Waals surface area contributed by atoms with Gasteiger partial charge in [-0.3, -0.25) is 14.7 Å². The Balaban J connectivity index is 1.66. The highest BCUT2D eigenvalue weighted by Gasteiger charge is 2.20. The molecule has 0 bridgehead atoms. The van der Waals surface area contributed by atoms with Crippen molar-refractivity contribution in [2.45, 2.75) is 24.8 Å². The van der Waals surface area contributed by atoms with Crippen LogP contribution in [0.3, 0.4) is 0 Å². The number of carbonyl (C=O) groups excluding carboxylic acids is 1. The van der Waals surface area contributed by atoms with Crippen LogP contribution in [0.5, 0.6) is 5.75 Å². The molecule has 1 amide bonds. The maximum Gasteiger partial charge on any atom is 0.366 e. The fraction of sp³-hybridized carbons (Fsp3) is 0.167. The number of hydrogen-bond acceptors (Lipinski definition) is 9. The Labute approximate surface area is 228 Å². The van der Waals surface area contributed by atoms with E-state index in [0.29, 0.717) is 27.2 Å². The van der Waals surface area contributed by atoms with Crippen molar-refractivity contribution in [1.29, 1.82) is 0 Å². The molecule has 0 saturated heterocycles. The average Bonchev–Trinajstić information content (AvgIpc) is 3.46. The van der Waals surface area contributed by atoms with Gasteiger partial charge in [-0.25, -0.2) is 13.4 Å². The Bertz CT molecular complexity index is 1530. The molecule has 202 valence electrons. The van der Waals surface area contributed by atoms with Crippen LogP contribution >= 0.6 is 30.3 Å². The number of ether oxygens (including phenoxy) is 2. The van der Waals surface area contributed by atoms with Gasteiger partial charge in [0.1, 0.15) is 21.9 Å². The number of hydrogen-bond donors (Lipinski definition) is 3. The van der Waals surface area contributed by atoms with Gasteiger partial charge in [-0.15, -0.1) is 22.7 Å². The van der Waals surface area contributed by atoms with Crippen molar-refractivity contribution in [1.82, 2.24) is 4.98 Å². The summed E-state index contributed by atoms with van der Waals surface area (Å²) in [7, 11) is -7.66. The first-order valence-corrected chi connectivity index (χ1v) is 16.1. The number of benzene rings is 1. The van der Waals surface area contributed by atoms with E-state index in [4.69, 9.17) is 9.47 Å². The summed E-state index contributed by atoms with van der Waals surface area (Å²) in [5.41, 5.74) is 0.487. The molecule has 3 aromatic rings. The number of aromatic nitrogens is 1. The van der Waals surface area contributed by atoms with Crippen molar-refractivity contribution in [3.63, 3.8) is 0 Å². The highest BCUT2D eigenvalue weighted by molar-refractivity contribution is 7.90. The molecule has 2 heterocycles. The lowest BCUT2D eigenvalue weighted by Crippen LogP contribution is -2.08. The Morgan fingerprint density at radius 3 is 2.42 bits per heavy atom. The third-order valence-electron chi connectivity index (χ3n) is 4.44. The summed E-state index contributed by atoms with van der Waals surface area (Å²) in [4.78, 5) is 36.1. The smallest absolute Gasteiger partial charge is 0.366 e. The molecule has 0 aliphatic carbocycles.